The zero-order chi connectivity index (χ0) is 26.0. The first-order valence-corrected chi connectivity index (χ1v) is 13.2. The second-order valence-corrected chi connectivity index (χ2v) is 11.1. The van der Waals surface area contributed by atoms with Crippen LogP contribution in [0.4, 0.5) is 11.5 Å². The number of nitrogens with zero attached hydrogens (tertiary/aromatic N) is 4. The smallest absolute Gasteiger partial charge is 0.274 e. The van der Waals surface area contributed by atoms with Gasteiger partial charge in [-0.25, -0.2) is 9.97 Å². The maximum Gasteiger partial charge on any atom is 0.274 e. The number of aromatic nitrogens is 4. The zero-order valence-corrected chi connectivity index (χ0v) is 21.6. The van der Waals surface area contributed by atoms with Crippen molar-refractivity contribution in [1.82, 2.24) is 25.1 Å². The number of carbonyl (C=O) groups excluding carboxylic acids is 2. The van der Waals surface area contributed by atoms with E-state index >= 15 is 0 Å². The van der Waals surface area contributed by atoms with E-state index in [1.165, 1.54) is 34.8 Å². The Morgan fingerprint density at radius 1 is 1.27 bits per heavy atom. The van der Waals surface area contributed by atoms with Gasteiger partial charge in [0.2, 0.25) is 0 Å². The summed E-state index contributed by atoms with van der Waals surface area (Å²) in [5.41, 5.74) is 3.50. The molecule has 11 heteroatoms. The van der Waals surface area contributed by atoms with E-state index in [1.807, 2.05) is 18.2 Å². The lowest BCUT2D eigenvalue weighted by molar-refractivity contribution is 0.0948. The SMILES string of the molecule is CC1CC1(CNC(=O)c1nn(C)cc1NC(=O)c1cccc(-c2ccnc(NCC3CC3)c2)n1)SC=N. The molecule has 0 saturated heterocycles. The molecular formula is C26H30N8O2S. The highest BCUT2D eigenvalue weighted by atomic mass is 32.2. The summed E-state index contributed by atoms with van der Waals surface area (Å²) in [5.74, 6) is 1.13. The summed E-state index contributed by atoms with van der Waals surface area (Å²) < 4.78 is 1.35. The molecule has 0 radical (unpaired) electrons. The molecule has 5 rings (SSSR count). The van der Waals surface area contributed by atoms with Gasteiger partial charge in [0, 0.05) is 42.8 Å². The van der Waals surface area contributed by atoms with Crippen LogP contribution in [0.15, 0.2) is 42.7 Å². The van der Waals surface area contributed by atoms with Crippen LogP contribution in [0, 0.1) is 17.2 Å². The Hall–Kier alpha value is -3.73. The fourth-order valence-electron chi connectivity index (χ4n) is 4.26. The summed E-state index contributed by atoms with van der Waals surface area (Å²) in [6.45, 7) is 3.45. The van der Waals surface area contributed by atoms with Crippen LogP contribution in [0.1, 0.15) is 47.2 Å². The van der Waals surface area contributed by atoms with Gasteiger partial charge in [-0.05, 0) is 55.4 Å². The number of nitrogens with one attached hydrogen (secondary N) is 4. The molecule has 2 aliphatic carbocycles. The van der Waals surface area contributed by atoms with Crippen LogP contribution in [-0.4, -0.2) is 54.9 Å². The first-order chi connectivity index (χ1) is 17.9. The Labute approximate surface area is 219 Å². The molecule has 192 valence electrons. The number of hydrogen-bond donors (Lipinski definition) is 4. The molecular weight excluding hydrogens is 488 g/mol. The molecule has 0 spiro atoms. The molecule has 2 fully saturated rings. The lowest BCUT2D eigenvalue weighted by atomic mass is 10.1. The van der Waals surface area contributed by atoms with E-state index in [0.717, 1.165) is 30.3 Å². The van der Waals surface area contributed by atoms with Gasteiger partial charge in [-0.2, -0.15) is 5.10 Å². The third kappa shape index (κ3) is 5.82. The number of amides is 2. The van der Waals surface area contributed by atoms with E-state index in [-0.39, 0.29) is 22.0 Å². The predicted octanol–water partition coefficient (Wildman–Crippen LogP) is 3.80. The van der Waals surface area contributed by atoms with Crippen LogP contribution in [0.5, 0.6) is 0 Å². The van der Waals surface area contributed by atoms with E-state index in [1.54, 1.807) is 31.6 Å². The van der Waals surface area contributed by atoms with Crippen LogP contribution in [0.2, 0.25) is 0 Å². The minimum absolute atomic E-state index is 0.135. The van der Waals surface area contributed by atoms with Crippen molar-refractivity contribution in [2.75, 3.05) is 23.7 Å². The van der Waals surface area contributed by atoms with E-state index in [2.05, 4.69) is 37.9 Å². The molecule has 3 heterocycles. The zero-order valence-electron chi connectivity index (χ0n) is 20.8. The molecule has 4 N–H and O–H groups in total. The van der Waals surface area contributed by atoms with Crippen molar-refractivity contribution in [3.05, 3.63) is 54.1 Å². The van der Waals surface area contributed by atoms with Crippen LogP contribution in [0.25, 0.3) is 11.3 Å². The Kier molecular flexibility index (Phi) is 6.96. The Morgan fingerprint density at radius 3 is 2.81 bits per heavy atom. The molecule has 37 heavy (non-hydrogen) atoms. The van der Waals surface area contributed by atoms with E-state index in [4.69, 9.17) is 5.41 Å². The van der Waals surface area contributed by atoms with Crippen molar-refractivity contribution >= 4 is 40.6 Å². The summed E-state index contributed by atoms with van der Waals surface area (Å²) in [6, 6.07) is 9.05. The molecule has 2 atom stereocenters. The molecule has 2 aliphatic rings. The monoisotopic (exact) mass is 518 g/mol. The number of carbonyl (C=O) groups is 2. The summed E-state index contributed by atoms with van der Waals surface area (Å²) in [5, 5.41) is 20.7. The molecule has 10 nitrogen and oxygen atoms in total. The van der Waals surface area contributed by atoms with Gasteiger partial charge in [-0.3, -0.25) is 14.3 Å². The van der Waals surface area contributed by atoms with Crippen LogP contribution in [0.3, 0.4) is 0 Å². The summed E-state index contributed by atoms with van der Waals surface area (Å²) in [4.78, 5) is 34.9. The number of thioether (sulfide) groups is 1. The third-order valence-electron chi connectivity index (χ3n) is 6.83. The highest BCUT2D eigenvalue weighted by molar-refractivity contribution is 8.13. The number of rotatable bonds is 11. The van der Waals surface area contributed by atoms with Gasteiger partial charge in [0.1, 0.15) is 11.5 Å². The van der Waals surface area contributed by atoms with Crippen LogP contribution >= 0.6 is 11.8 Å². The number of pyridine rings is 2. The van der Waals surface area contributed by atoms with Crippen molar-refractivity contribution in [2.45, 2.75) is 30.9 Å². The number of hydrogen-bond acceptors (Lipinski definition) is 8. The fraction of sp³-hybridized carbons (Fsp3) is 0.385. The molecule has 0 aliphatic heterocycles. The van der Waals surface area contributed by atoms with Crippen molar-refractivity contribution in [1.29, 1.82) is 5.41 Å². The Bertz CT molecular complexity index is 1340. The second-order valence-electron chi connectivity index (χ2n) is 9.77. The lowest BCUT2D eigenvalue weighted by Gasteiger charge is -2.14. The van der Waals surface area contributed by atoms with Crippen molar-refractivity contribution in [3.63, 3.8) is 0 Å². The fourth-order valence-corrected chi connectivity index (χ4v) is 5.22. The highest BCUT2D eigenvalue weighted by Crippen LogP contribution is 2.52. The highest BCUT2D eigenvalue weighted by Gasteiger charge is 2.51. The van der Waals surface area contributed by atoms with Crippen molar-refractivity contribution in [2.24, 2.45) is 18.9 Å². The topological polar surface area (TPSA) is 138 Å². The first kappa shape index (κ1) is 24.9. The molecule has 0 bridgehead atoms. The minimum Gasteiger partial charge on any atom is -0.370 e. The molecule has 2 saturated carbocycles. The van der Waals surface area contributed by atoms with Crippen LogP contribution in [-0.2, 0) is 7.05 Å². The van der Waals surface area contributed by atoms with E-state index in [0.29, 0.717) is 23.8 Å². The maximum absolute atomic E-state index is 13.1. The first-order valence-electron chi connectivity index (χ1n) is 12.3. The van der Waals surface area contributed by atoms with Crippen molar-refractivity contribution < 1.29 is 9.59 Å². The van der Waals surface area contributed by atoms with Crippen LogP contribution < -0.4 is 16.0 Å². The van der Waals surface area contributed by atoms with E-state index < -0.39 is 5.91 Å². The number of aryl methyl sites for hydroxylation is 1. The largest absolute Gasteiger partial charge is 0.370 e. The Balaban J connectivity index is 1.27. The third-order valence-corrected chi connectivity index (χ3v) is 8.13. The van der Waals surface area contributed by atoms with Gasteiger partial charge in [-0.15, -0.1) is 11.8 Å². The van der Waals surface area contributed by atoms with Gasteiger partial charge in [-0.1, -0.05) is 13.0 Å². The minimum atomic E-state index is -0.434. The average Bonchev–Trinajstić information content (AvgIpc) is 3.80. The maximum atomic E-state index is 13.1. The summed E-state index contributed by atoms with van der Waals surface area (Å²) in [6.07, 6.45) is 6.79. The van der Waals surface area contributed by atoms with Gasteiger partial charge < -0.3 is 21.4 Å². The molecule has 2 unspecified atom stereocenters. The lowest BCUT2D eigenvalue weighted by Crippen LogP contribution is -2.33. The molecule has 2 amide bonds. The van der Waals surface area contributed by atoms with Crippen molar-refractivity contribution in [3.8, 4) is 11.3 Å². The molecule has 3 aromatic heterocycles. The quantitative estimate of drug-likeness (QED) is 0.224. The summed E-state index contributed by atoms with van der Waals surface area (Å²) in [7, 11) is 1.69. The molecule has 3 aromatic rings. The van der Waals surface area contributed by atoms with E-state index in [9.17, 15) is 9.59 Å². The normalized spacial score (nSPS) is 20.2. The standard InChI is InChI=1S/C26H30N8O2S/c1-16-11-26(16,37-15-27)14-30-25(36)23-21(13-34(2)33-23)32-24(35)20-5-3-4-19(31-20)18-8-9-28-22(10-18)29-12-17-6-7-17/h3-5,8-10,13,15-17,27H,6-7,11-12,14H2,1-2H3,(H,28,29)(H,30,36)(H,32,35). The average molecular weight is 519 g/mol. The predicted molar refractivity (Wildman–Crippen MR) is 145 cm³/mol. The molecule has 0 aromatic carbocycles. The van der Waals surface area contributed by atoms with Gasteiger partial charge in [0.15, 0.2) is 5.69 Å². The van der Waals surface area contributed by atoms with Gasteiger partial charge in [0.05, 0.1) is 16.9 Å². The van der Waals surface area contributed by atoms with Gasteiger partial charge in [0.25, 0.3) is 11.8 Å². The second kappa shape index (κ2) is 10.3. The summed E-state index contributed by atoms with van der Waals surface area (Å²) >= 11 is 1.43. The number of anilines is 2. The van der Waals surface area contributed by atoms with Gasteiger partial charge >= 0.3 is 0 Å². The Morgan fingerprint density at radius 2 is 2.08 bits per heavy atom.